The van der Waals surface area contributed by atoms with E-state index in [0.29, 0.717) is 18.6 Å². The summed E-state index contributed by atoms with van der Waals surface area (Å²) < 4.78 is 5.63. The molecule has 4 nitrogen and oxygen atoms in total. The van der Waals surface area contributed by atoms with Gasteiger partial charge in [0.1, 0.15) is 11.5 Å². The number of nitrogens with zero attached hydrogens (tertiary/aromatic N) is 1. The van der Waals surface area contributed by atoms with Crippen molar-refractivity contribution in [2.24, 2.45) is 0 Å². The van der Waals surface area contributed by atoms with Gasteiger partial charge in [-0.15, -0.1) is 0 Å². The minimum Gasteiger partial charge on any atom is -0.427 e. The highest BCUT2D eigenvalue weighted by molar-refractivity contribution is 8.77. The van der Waals surface area contributed by atoms with E-state index in [4.69, 9.17) is 4.74 Å². The van der Waals surface area contributed by atoms with Crippen molar-refractivity contribution in [3.05, 3.63) is 29.8 Å². The van der Waals surface area contributed by atoms with E-state index in [1.807, 2.05) is 52.8 Å². The van der Waals surface area contributed by atoms with E-state index >= 15 is 0 Å². The second kappa shape index (κ2) is 10.9. The fourth-order valence-corrected chi connectivity index (χ4v) is 7.34. The summed E-state index contributed by atoms with van der Waals surface area (Å²) in [5.74, 6) is 1.94. The van der Waals surface area contributed by atoms with Gasteiger partial charge in [0.25, 0.3) is 0 Å². The van der Waals surface area contributed by atoms with Gasteiger partial charge in [0, 0.05) is 23.8 Å². The number of ether oxygens (including phenoxy) is 1. The summed E-state index contributed by atoms with van der Waals surface area (Å²) >= 11 is 0. The quantitative estimate of drug-likeness (QED) is 0.228. The lowest BCUT2D eigenvalue weighted by atomic mass is 9.69. The van der Waals surface area contributed by atoms with Crippen LogP contribution in [-0.2, 0) is 15.0 Å². The molecule has 0 N–H and O–H groups in total. The first kappa shape index (κ1) is 22.7. The van der Waals surface area contributed by atoms with Crippen LogP contribution in [0.5, 0.6) is 5.75 Å². The first-order valence-electron chi connectivity index (χ1n) is 10.8. The van der Waals surface area contributed by atoms with Gasteiger partial charge < -0.3 is 9.64 Å². The average molecular weight is 436 g/mol. The Hall–Kier alpha value is -0.980. The fraction of sp³-hybridized carbons (Fsp3) is 0.652. The Morgan fingerprint density at radius 3 is 2.72 bits per heavy atom. The number of piperidine rings is 1. The molecule has 160 valence electrons. The molecule has 1 atom stereocenters. The van der Waals surface area contributed by atoms with Gasteiger partial charge in [-0.05, 0) is 69.9 Å². The number of carbonyl (C=O) groups excluding carboxylic acids is 2. The van der Waals surface area contributed by atoms with E-state index in [1.165, 1.54) is 18.6 Å². The van der Waals surface area contributed by atoms with E-state index < -0.39 is 5.41 Å². The molecule has 2 aliphatic rings. The zero-order valence-electron chi connectivity index (χ0n) is 17.7. The van der Waals surface area contributed by atoms with Gasteiger partial charge in [-0.1, -0.05) is 47.1 Å². The number of rotatable bonds is 9. The number of likely N-dealkylation sites (tertiary alicyclic amines) is 1. The molecule has 0 bridgehead atoms. The largest absolute Gasteiger partial charge is 0.427 e. The Bertz CT molecular complexity index is 695. The molecule has 0 unspecified atom stereocenters. The average Bonchev–Trinajstić information content (AvgIpc) is 3.25. The van der Waals surface area contributed by atoms with Crippen molar-refractivity contribution in [1.29, 1.82) is 0 Å². The van der Waals surface area contributed by atoms with Gasteiger partial charge >= 0.3 is 5.97 Å². The van der Waals surface area contributed by atoms with Crippen LogP contribution in [0, 0.1) is 0 Å². The van der Waals surface area contributed by atoms with Crippen LogP contribution in [0.3, 0.4) is 0 Å². The van der Waals surface area contributed by atoms with Crippen LogP contribution < -0.4 is 4.74 Å². The molecule has 0 aromatic heterocycles. The molecule has 3 rings (SSSR count). The fourth-order valence-electron chi connectivity index (χ4n) is 4.31. The number of ketones is 1. The van der Waals surface area contributed by atoms with Gasteiger partial charge in [-0.25, -0.2) is 0 Å². The highest BCUT2D eigenvalue weighted by Gasteiger charge is 2.41. The van der Waals surface area contributed by atoms with E-state index in [9.17, 15) is 9.59 Å². The first-order valence-corrected chi connectivity index (χ1v) is 13.2. The van der Waals surface area contributed by atoms with Crippen LogP contribution in [0.15, 0.2) is 24.3 Å². The molecular formula is C23H33NO3S2. The lowest BCUT2D eigenvalue weighted by Gasteiger charge is -2.40. The number of benzene rings is 1. The Morgan fingerprint density at radius 2 is 2.03 bits per heavy atom. The summed E-state index contributed by atoms with van der Waals surface area (Å²) in [6, 6.07) is 7.68. The molecule has 2 heterocycles. The minimum atomic E-state index is -0.444. The van der Waals surface area contributed by atoms with Crippen molar-refractivity contribution >= 4 is 33.3 Å². The third-order valence-corrected chi connectivity index (χ3v) is 9.20. The van der Waals surface area contributed by atoms with Gasteiger partial charge in [-0.3, -0.25) is 9.59 Å². The standard InChI is InChI=1S/C23H33NO3S2/c1-3-21(25)23(12-14-24(2)15-13-23)18-7-6-8-19(17-18)27-22(26)10-5-4-9-20-11-16-28-29-20/h6-8,17,20H,3-5,9-16H2,1-2H3/t20-/m1/s1. The smallest absolute Gasteiger partial charge is 0.311 e. The summed E-state index contributed by atoms with van der Waals surface area (Å²) in [6.07, 6.45) is 7.08. The first-order chi connectivity index (χ1) is 14.0. The number of Topliss-reactive ketones (excluding diaryl/α,β-unsaturated/α-hetero) is 1. The second-order valence-electron chi connectivity index (χ2n) is 8.24. The van der Waals surface area contributed by atoms with Gasteiger partial charge in [-0.2, -0.15) is 0 Å². The molecule has 0 aliphatic carbocycles. The van der Waals surface area contributed by atoms with Gasteiger partial charge in [0.2, 0.25) is 0 Å². The highest BCUT2D eigenvalue weighted by Crippen LogP contribution is 2.40. The topological polar surface area (TPSA) is 46.6 Å². The van der Waals surface area contributed by atoms with E-state index in [2.05, 4.69) is 11.9 Å². The summed E-state index contributed by atoms with van der Waals surface area (Å²) in [5.41, 5.74) is 0.555. The van der Waals surface area contributed by atoms with Gasteiger partial charge in [0.15, 0.2) is 0 Å². The number of hydrogen-bond donors (Lipinski definition) is 0. The Labute approximate surface area is 182 Å². The monoisotopic (exact) mass is 435 g/mol. The highest BCUT2D eigenvalue weighted by atomic mass is 33.1. The van der Waals surface area contributed by atoms with Crippen LogP contribution in [0.2, 0.25) is 0 Å². The summed E-state index contributed by atoms with van der Waals surface area (Å²) in [7, 11) is 6.06. The van der Waals surface area contributed by atoms with Crippen molar-refractivity contribution in [3.8, 4) is 5.75 Å². The number of carbonyl (C=O) groups is 2. The lowest BCUT2D eigenvalue weighted by Crippen LogP contribution is -2.46. The molecule has 1 aromatic rings. The van der Waals surface area contributed by atoms with E-state index in [1.54, 1.807) is 0 Å². The summed E-state index contributed by atoms with van der Waals surface area (Å²) in [4.78, 5) is 27.5. The van der Waals surface area contributed by atoms with Crippen LogP contribution in [-0.4, -0.2) is 47.8 Å². The van der Waals surface area contributed by atoms with Crippen molar-refractivity contribution in [2.45, 2.75) is 69.0 Å². The van der Waals surface area contributed by atoms with Crippen molar-refractivity contribution in [3.63, 3.8) is 0 Å². The zero-order chi connectivity index (χ0) is 20.7. The lowest BCUT2D eigenvalue weighted by molar-refractivity contribution is -0.134. The Morgan fingerprint density at radius 1 is 1.24 bits per heavy atom. The molecule has 2 fully saturated rings. The molecule has 6 heteroatoms. The third kappa shape index (κ3) is 6.02. The SMILES string of the molecule is CCC(=O)C1(c2cccc(OC(=O)CCCC[C@@H]3CCSS3)c2)CCN(C)CC1. The molecule has 0 amide bonds. The van der Waals surface area contributed by atoms with Crippen LogP contribution in [0.4, 0.5) is 0 Å². The van der Waals surface area contributed by atoms with Crippen molar-refractivity contribution in [2.75, 3.05) is 25.9 Å². The van der Waals surface area contributed by atoms with Crippen molar-refractivity contribution < 1.29 is 14.3 Å². The van der Waals surface area contributed by atoms with Crippen LogP contribution >= 0.6 is 21.6 Å². The maximum absolute atomic E-state index is 12.9. The molecule has 0 radical (unpaired) electrons. The third-order valence-electron chi connectivity index (χ3n) is 6.20. The molecule has 2 aliphatic heterocycles. The Balaban J connectivity index is 1.57. The number of unbranched alkanes of at least 4 members (excludes halogenated alkanes) is 1. The molecule has 0 spiro atoms. The van der Waals surface area contributed by atoms with E-state index in [-0.39, 0.29) is 11.8 Å². The van der Waals surface area contributed by atoms with Crippen LogP contribution in [0.25, 0.3) is 0 Å². The number of esters is 1. The Kier molecular flexibility index (Phi) is 8.51. The normalized spacial score (nSPS) is 21.8. The molecule has 0 saturated carbocycles. The van der Waals surface area contributed by atoms with E-state index in [0.717, 1.165) is 49.6 Å². The molecule has 2 saturated heterocycles. The van der Waals surface area contributed by atoms with Crippen molar-refractivity contribution in [1.82, 2.24) is 4.90 Å². The number of hydrogen-bond acceptors (Lipinski definition) is 6. The molecule has 29 heavy (non-hydrogen) atoms. The molecule has 1 aromatic carbocycles. The predicted octanol–water partition coefficient (Wildman–Crippen LogP) is 5.25. The maximum atomic E-state index is 12.9. The summed E-state index contributed by atoms with van der Waals surface area (Å²) in [5, 5.41) is 0.759. The van der Waals surface area contributed by atoms with Crippen LogP contribution in [0.1, 0.15) is 63.9 Å². The van der Waals surface area contributed by atoms with Gasteiger partial charge in [0.05, 0.1) is 5.41 Å². The second-order valence-corrected chi connectivity index (χ2v) is 11.0. The minimum absolute atomic E-state index is 0.171. The maximum Gasteiger partial charge on any atom is 0.311 e. The summed E-state index contributed by atoms with van der Waals surface area (Å²) in [6.45, 7) is 3.76. The molecular weight excluding hydrogens is 402 g/mol. The zero-order valence-corrected chi connectivity index (χ0v) is 19.3. The predicted molar refractivity (Wildman–Crippen MR) is 123 cm³/mol.